The molecule has 254 valence electrons. The number of nitrogens with zero attached hydrogens (tertiary/aromatic N) is 2. The summed E-state index contributed by atoms with van der Waals surface area (Å²) < 4.78 is 40.8. The molecule has 2 N–H and O–H groups in total. The summed E-state index contributed by atoms with van der Waals surface area (Å²) in [5.74, 6) is -1.81. The van der Waals surface area contributed by atoms with E-state index < -0.39 is 35.1 Å². The topological polar surface area (TPSA) is 102 Å². The number of amides is 3. The number of nitrogens with two attached hydrogens (primary N) is 1. The normalized spacial score (nSPS) is 16.4. The molecule has 1 heterocycles. The fourth-order valence-corrected chi connectivity index (χ4v) is 7.57. The number of rotatable bonds is 8. The van der Waals surface area contributed by atoms with E-state index in [9.17, 15) is 23.2 Å². The van der Waals surface area contributed by atoms with Crippen LogP contribution in [0.25, 0.3) is 21.2 Å². The van der Waals surface area contributed by atoms with Crippen molar-refractivity contribution in [3.63, 3.8) is 0 Å². The lowest BCUT2D eigenvalue weighted by atomic mass is 9.89. The standard InChI is InChI=1S/C36H38ClF2N3O5S/c1-36(2,3)47-35(45)41(4)24-11-13-25(14-12-24)42(34(44)32-30(37)29-26(38)15-16-27(39)31(29)48-32)19-23-18-22(10-17-28(23)46-5)20-6-8-21(9-7-20)33(40)43/h6-10,15-18,24-25H,11-14,19H2,1-5H3,(H2,40,43). The third-order valence-corrected chi connectivity index (χ3v) is 10.3. The molecule has 8 nitrogen and oxygen atoms in total. The number of benzene rings is 3. The van der Waals surface area contributed by atoms with Gasteiger partial charge in [-0.15, -0.1) is 11.3 Å². The monoisotopic (exact) mass is 697 g/mol. The Bertz CT molecular complexity index is 1850. The summed E-state index contributed by atoms with van der Waals surface area (Å²) in [6.45, 7) is 5.56. The Labute approximate surface area is 287 Å². The molecular formula is C36H38ClF2N3O5S. The minimum Gasteiger partial charge on any atom is -0.496 e. The van der Waals surface area contributed by atoms with Crippen LogP contribution in [0.4, 0.5) is 13.6 Å². The van der Waals surface area contributed by atoms with Gasteiger partial charge in [0.2, 0.25) is 5.91 Å². The zero-order chi connectivity index (χ0) is 34.9. The smallest absolute Gasteiger partial charge is 0.410 e. The Morgan fingerprint density at radius 2 is 1.54 bits per heavy atom. The molecule has 0 saturated heterocycles. The number of carbonyl (C=O) groups excluding carboxylic acids is 3. The summed E-state index contributed by atoms with van der Waals surface area (Å²) >= 11 is 7.43. The van der Waals surface area contributed by atoms with Crippen LogP contribution in [0.1, 0.15) is 72.0 Å². The molecule has 1 fully saturated rings. The van der Waals surface area contributed by atoms with E-state index in [1.807, 2.05) is 32.9 Å². The molecule has 48 heavy (non-hydrogen) atoms. The maximum absolute atomic E-state index is 14.8. The highest BCUT2D eigenvalue weighted by molar-refractivity contribution is 7.21. The van der Waals surface area contributed by atoms with E-state index in [1.54, 1.807) is 54.3 Å². The van der Waals surface area contributed by atoms with Crippen molar-refractivity contribution in [3.8, 4) is 16.9 Å². The number of hydrogen-bond donors (Lipinski definition) is 1. The predicted molar refractivity (Wildman–Crippen MR) is 184 cm³/mol. The average Bonchev–Trinajstić information content (AvgIpc) is 3.42. The van der Waals surface area contributed by atoms with Crippen molar-refractivity contribution >= 4 is 50.9 Å². The summed E-state index contributed by atoms with van der Waals surface area (Å²) in [7, 11) is 3.26. The van der Waals surface area contributed by atoms with E-state index in [-0.39, 0.29) is 38.6 Å². The first-order valence-electron chi connectivity index (χ1n) is 15.6. The van der Waals surface area contributed by atoms with Crippen LogP contribution in [-0.2, 0) is 11.3 Å². The Hall–Kier alpha value is -4.22. The number of primary amides is 1. The molecule has 1 saturated carbocycles. The van der Waals surface area contributed by atoms with Crippen molar-refractivity contribution in [1.82, 2.24) is 9.80 Å². The number of fused-ring (bicyclic) bond motifs is 1. The molecule has 0 unspecified atom stereocenters. The molecular weight excluding hydrogens is 660 g/mol. The van der Waals surface area contributed by atoms with Gasteiger partial charge in [0.1, 0.15) is 27.9 Å². The van der Waals surface area contributed by atoms with Crippen LogP contribution >= 0.6 is 22.9 Å². The molecule has 3 aromatic carbocycles. The van der Waals surface area contributed by atoms with Gasteiger partial charge >= 0.3 is 6.09 Å². The molecule has 0 bridgehead atoms. The van der Waals surface area contributed by atoms with Gasteiger partial charge < -0.3 is 25.0 Å². The van der Waals surface area contributed by atoms with Gasteiger partial charge in [-0.2, -0.15) is 0 Å². The number of methoxy groups -OCH3 is 1. The third-order valence-electron chi connectivity index (χ3n) is 8.60. The molecule has 5 rings (SSSR count). The van der Waals surface area contributed by atoms with Gasteiger partial charge in [0, 0.05) is 36.8 Å². The van der Waals surface area contributed by atoms with Crippen LogP contribution in [0.2, 0.25) is 5.02 Å². The average molecular weight is 698 g/mol. The summed E-state index contributed by atoms with van der Waals surface area (Å²) in [5.41, 5.74) is 7.50. The SMILES string of the molecule is COc1ccc(-c2ccc(C(N)=O)cc2)cc1CN(C(=O)c1sc2c(F)ccc(F)c2c1Cl)C1CCC(N(C)C(=O)OC(C)(C)C)CC1. The molecule has 12 heteroatoms. The van der Waals surface area contributed by atoms with Crippen LogP contribution < -0.4 is 10.5 Å². The number of halogens is 3. The minimum atomic E-state index is -0.708. The summed E-state index contributed by atoms with van der Waals surface area (Å²) in [4.78, 5) is 42.2. The van der Waals surface area contributed by atoms with Gasteiger partial charge in [0.15, 0.2) is 0 Å². The van der Waals surface area contributed by atoms with E-state index in [0.29, 0.717) is 42.6 Å². The number of carbonyl (C=O) groups is 3. The fourth-order valence-electron chi connectivity index (χ4n) is 6.06. The zero-order valence-corrected chi connectivity index (χ0v) is 29.0. The highest BCUT2D eigenvalue weighted by atomic mass is 35.5. The third kappa shape index (κ3) is 7.42. The van der Waals surface area contributed by atoms with Gasteiger partial charge in [-0.05, 0) is 94.0 Å². The number of thiophene rings is 1. The number of ether oxygens (including phenoxy) is 2. The van der Waals surface area contributed by atoms with E-state index in [2.05, 4.69) is 0 Å². The molecule has 0 radical (unpaired) electrons. The first-order chi connectivity index (χ1) is 22.7. The van der Waals surface area contributed by atoms with Crippen LogP contribution in [0.3, 0.4) is 0 Å². The highest BCUT2D eigenvalue weighted by Gasteiger charge is 2.35. The lowest BCUT2D eigenvalue weighted by Crippen LogP contribution is -2.47. The van der Waals surface area contributed by atoms with Crippen molar-refractivity contribution in [2.45, 2.75) is 70.7 Å². The molecule has 3 amide bonds. The fraction of sp³-hybridized carbons (Fsp3) is 0.361. The Balaban J connectivity index is 1.49. The minimum absolute atomic E-state index is 0.0232. The Morgan fingerprint density at radius 1 is 0.938 bits per heavy atom. The molecule has 1 aromatic heterocycles. The van der Waals surface area contributed by atoms with Crippen LogP contribution in [0.15, 0.2) is 54.6 Å². The van der Waals surface area contributed by atoms with Gasteiger partial charge in [-0.3, -0.25) is 9.59 Å². The second-order valence-electron chi connectivity index (χ2n) is 12.9. The van der Waals surface area contributed by atoms with Crippen molar-refractivity contribution in [3.05, 3.63) is 87.3 Å². The van der Waals surface area contributed by atoms with E-state index in [4.69, 9.17) is 26.8 Å². The van der Waals surface area contributed by atoms with Crippen molar-refractivity contribution in [1.29, 1.82) is 0 Å². The van der Waals surface area contributed by atoms with Gasteiger partial charge in [0.05, 0.1) is 22.2 Å². The molecule has 0 aliphatic heterocycles. The Morgan fingerprint density at radius 3 is 2.12 bits per heavy atom. The molecule has 0 spiro atoms. The maximum atomic E-state index is 14.8. The lowest BCUT2D eigenvalue weighted by molar-refractivity contribution is 0.0144. The van der Waals surface area contributed by atoms with Gasteiger partial charge in [0.25, 0.3) is 5.91 Å². The molecule has 4 aromatic rings. The summed E-state index contributed by atoms with van der Waals surface area (Å²) in [6, 6.07) is 14.1. The largest absolute Gasteiger partial charge is 0.496 e. The second-order valence-corrected chi connectivity index (χ2v) is 14.3. The second kappa shape index (κ2) is 14.1. The van der Waals surface area contributed by atoms with Crippen molar-refractivity contribution < 1.29 is 32.6 Å². The molecule has 1 aliphatic rings. The lowest BCUT2D eigenvalue weighted by Gasteiger charge is -2.40. The first-order valence-corrected chi connectivity index (χ1v) is 16.8. The van der Waals surface area contributed by atoms with Gasteiger partial charge in [-0.1, -0.05) is 29.8 Å². The molecule has 1 aliphatic carbocycles. The summed E-state index contributed by atoms with van der Waals surface area (Å²) in [6.07, 6.45) is 1.93. The zero-order valence-electron chi connectivity index (χ0n) is 27.4. The van der Waals surface area contributed by atoms with E-state index in [0.717, 1.165) is 34.6 Å². The van der Waals surface area contributed by atoms with E-state index in [1.165, 1.54) is 0 Å². The van der Waals surface area contributed by atoms with Crippen LogP contribution in [0.5, 0.6) is 5.75 Å². The quantitative estimate of drug-likeness (QED) is 0.199. The first kappa shape index (κ1) is 35.1. The maximum Gasteiger partial charge on any atom is 0.410 e. The van der Waals surface area contributed by atoms with Crippen molar-refractivity contribution in [2.24, 2.45) is 5.73 Å². The van der Waals surface area contributed by atoms with E-state index >= 15 is 0 Å². The van der Waals surface area contributed by atoms with Crippen LogP contribution in [0, 0.1) is 11.6 Å². The van der Waals surface area contributed by atoms with Crippen molar-refractivity contribution in [2.75, 3.05) is 14.2 Å². The van der Waals surface area contributed by atoms with Crippen LogP contribution in [-0.4, -0.2) is 59.5 Å². The molecule has 0 atom stereocenters. The Kier molecular flexibility index (Phi) is 10.3. The highest BCUT2D eigenvalue weighted by Crippen LogP contribution is 2.41. The number of hydrogen-bond acceptors (Lipinski definition) is 6. The summed E-state index contributed by atoms with van der Waals surface area (Å²) in [5, 5.41) is -0.248. The predicted octanol–water partition coefficient (Wildman–Crippen LogP) is 8.43. The van der Waals surface area contributed by atoms with Gasteiger partial charge in [-0.25, -0.2) is 13.6 Å².